The molecule has 2 aromatic heterocycles. The number of methoxy groups -OCH3 is 1. The largest absolute Gasteiger partial charge is 0.497 e. The third-order valence-electron chi connectivity index (χ3n) is 5.09. The van der Waals surface area contributed by atoms with Crippen LogP contribution in [0.25, 0.3) is 0 Å². The molecule has 7 heteroatoms. The Kier molecular flexibility index (Phi) is 4.67. The highest BCUT2D eigenvalue weighted by atomic mass is 32.1. The number of aromatic nitrogens is 2. The Bertz CT molecular complexity index is 736. The van der Waals surface area contributed by atoms with Crippen LogP contribution in [0.1, 0.15) is 24.2 Å². The first-order chi connectivity index (χ1) is 12.2. The van der Waals surface area contributed by atoms with Gasteiger partial charge in [-0.15, -0.1) is 11.3 Å². The zero-order valence-corrected chi connectivity index (χ0v) is 15.1. The van der Waals surface area contributed by atoms with E-state index < -0.39 is 0 Å². The fourth-order valence-corrected chi connectivity index (χ4v) is 4.41. The van der Waals surface area contributed by atoms with Gasteiger partial charge in [-0.05, 0) is 18.9 Å². The Morgan fingerprint density at radius 1 is 1.24 bits per heavy atom. The second kappa shape index (κ2) is 7.09. The van der Waals surface area contributed by atoms with Crippen LogP contribution in [0.15, 0.2) is 29.2 Å². The minimum Gasteiger partial charge on any atom is -0.497 e. The summed E-state index contributed by atoms with van der Waals surface area (Å²) < 4.78 is 5.29. The van der Waals surface area contributed by atoms with Crippen LogP contribution in [0, 0.1) is 5.92 Å². The minimum absolute atomic E-state index is 0.0861. The van der Waals surface area contributed by atoms with Crippen molar-refractivity contribution in [2.24, 2.45) is 5.92 Å². The predicted octanol–water partition coefficient (Wildman–Crippen LogP) is 2.17. The van der Waals surface area contributed by atoms with Crippen LogP contribution in [0.3, 0.4) is 0 Å². The van der Waals surface area contributed by atoms with Gasteiger partial charge in [0, 0.05) is 43.3 Å². The van der Waals surface area contributed by atoms with E-state index in [-0.39, 0.29) is 17.9 Å². The first kappa shape index (κ1) is 16.5. The molecule has 2 bridgehead atoms. The summed E-state index contributed by atoms with van der Waals surface area (Å²) >= 11 is 1.58. The van der Waals surface area contributed by atoms with E-state index >= 15 is 0 Å². The monoisotopic (exact) mass is 358 g/mol. The number of thiazole rings is 1. The number of nitrogens with zero attached hydrogens (tertiary/aromatic N) is 4. The summed E-state index contributed by atoms with van der Waals surface area (Å²) in [6.45, 7) is 3.09. The third-order valence-corrected chi connectivity index (χ3v) is 5.73. The number of hydrogen-bond donors (Lipinski definition) is 0. The molecule has 6 nitrogen and oxygen atoms in total. The topological polar surface area (TPSA) is 58.6 Å². The van der Waals surface area contributed by atoms with E-state index in [1.54, 1.807) is 24.6 Å². The number of piperidine rings is 1. The number of hydrogen-bond acceptors (Lipinski definition) is 6. The van der Waals surface area contributed by atoms with Crippen molar-refractivity contribution in [3.63, 3.8) is 0 Å². The molecular weight excluding hydrogens is 336 g/mol. The summed E-state index contributed by atoms with van der Waals surface area (Å²) in [6, 6.07) is 4.09. The van der Waals surface area contributed by atoms with E-state index in [0.717, 1.165) is 49.6 Å². The molecule has 0 unspecified atom stereocenters. The number of fused-ring (bicyclic) bond motifs is 4. The van der Waals surface area contributed by atoms with Crippen molar-refractivity contribution in [3.8, 4) is 5.75 Å². The predicted molar refractivity (Wildman–Crippen MR) is 95.2 cm³/mol. The maximum atomic E-state index is 12.9. The molecule has 0 N–H and O–H groups in total. The van der Waals surface area contributed by atoms with Gasteiger partial charge in [0.15, 0.2) is 0 Å². The Labute approximate surface area is 151 Å². The number of rotatable bonds is 5. The SMILES string of the molecule is COc1ccnc(CN2C[C@H]3CC[C@@H](C2)N(Cc2cscn2)C3=O)c1. The smallest absolute Gasteiger partial charge is 0.227 e. The first-order valence-electron chi connectivity index (χ1n) is 8.62. The number of amides is 1. The lowest BCUT2D eigenvalue weighted by Crippen LogP contribution is -2.47. The lowest BCUT2D eigenvalue weighted by molar-refractivity contribution is -0.140. The van der Waals surface area contributed by atoms with Crippen LogP contribution < -0.4 is 4.74 Å². The molecule has 25 heavy (non-hydrogen) atoms. The second-order valence-corrected chi connectivity index (χ2v) is 7.47. The van der Waals surface area contributed by atoms with Crippen molar-refractivity contribution in [2.45, 2.75) is 32.0 Å². The summed E-state index contributed by atoms with van der Waals surface area (Å²) in [4.78, 5) is 26.1. The van der Waals surface area contributed by atoms with E-state index in [4.69, 9.17) is 4.74 Å². The van der Waals surface area contributed by atoms with E-state index in [2.05, 4.69) is 14.9 Å². The van der Waals surface area contributed by atoms with Crippen molar-refractivity contribution < 1.29 is 9.53 Å². The van der Waals surface area contributed by atoms with Gasteiger partial charge in [-0.2, -0.15) is 0 Å². The van der Waals surface area contributed by atoms with Crippen molar-refractivity contribution in [2.75, 3.05) is 20.2 Å². The van der Waals surface area contributed by atoms with Gasteiger partial charge >= 0.3 is 0 Å². The van der Waals surface area contributed by atoms with E-state index in [9.17, 15) is 4.79 Å². The van der Waals surface area contributed by atoms with Crippen LogP contribution in [0.2, 0.25) is 0 Å². The van der Waals surface area contributed by atoms with Gasteiger partial charge in [0.1, 0.15) is 5.75 Å². The Morgan fingerprint density at radius 2 is 2.16 bits per heavy atom. The van der Waals surface area contributed by atoms with Crippen LogP contribution in [0.4, 0.5) is 0 Å². The zero-order valence-electron chi connectivity index (χ0n) is 14.3. The highest BCUT2D eigenvalue weighted by molar-refractivity contribution is 7.07. The molecule has 0 radical (unpaired) electrons. The molecule has 1 amide bonds. The zero-order chi connectivity index (χ0) is 17.2. The molecule has 3 saturated heterocycles. The first-order valence-corrected chi connectivity index (χ1v) is 9.56. The number of carbonyl (C=O) groups excluding carboxylic acids is 1. The van der Waals surface area contributed by atoms with Gasteiger partial charge in [0.2, 0.25) is 5.91 Å². The van der Waals surface area contributed by atoms with Gasteiger partial charge in [-0.25, -0.2) is 4.98 Å². The molecule has 3 aliphatic heterocycles. The fourth-order valence-electron chi connectivity index (χ4n) is 3.86. The van der Waals surface area contributed by atoms with Gasteiger partial charge < -0.3 is 9.64 Å². The van der Waals surface area contributed by atoms with Gasteiger partial charge in [-0.3, -0.25) is 14.7 Å². The molecule has 2 atom stereocenters. The van der Waals surface area contributed by atoms with Gasteiger partial charge in [-0.1, -0.05) is 0 Å². The number of carbonyl (C=O) groups is 1. The molecule has 132 valence electrons. The highest BCUT2D eigenvalue weighted by Gasteiger charge is 2.40. The van der Waals surface area contributed by atoms with Gasteiger partial charge in [0.05, 0.1) is 36.5 Å². The average Bonchev–Trinajstić information content (AvgIpc) is 3.01. The maximum absolute atomic E-state index is 12.9. The molecule has 3 aliphatic rings. The minimum atomic E-state index is 0.0861. The van der Waals surface area contributed by atoms with Crippen LogP contribution in [-0.4, -0.2) is 51.9 Å². The lowest BCUT2D eigenvalue weighted by atomic mass is 9.94. The molecule has 0 aromatic carbocycles. The highest BCUT2D eigenvalue weighted by Crippen LogP contribution is 2.31. The summed E-state index contributed by atoms with van der Waals surface area (Å²) in [5, 5.41) is 2.03. The Balaban J connectivity index is 1.49. The van der Waals surface area contributed by atoms with E-state index in [1.165, 1.54) is 0 Å². The quantitative estimate of drug-likeness (QED) is 0.820. The summed E-state index contributed by atoms with van der Waals surface area (Å²) in [5.74, 6) is 1.19. The Morgan fingerprint density at radius 3 is 2.96 bits per heavy atom. The standard InChI is InChI=1S/C18H22N4O2S/c1-24-17-4-5-19-14(6-17)8-21-7-13-2-3-16(10-21)22(18(13)23)9-15-11-25-12-20-15/h4-6,11-13,16H,2-3,7-10H2,1H3/t13-,16+/m1/s1. The number of pyridine rings is 1. The molecule has 2 aromatic rings. The van der Waals surface area contributed by atoms with E-state index in [0.29, 0.717) is 6.54 Å². The molecule has 0 aliphatic carbocycles. The average molecular weight is 358 g/mol. The Hall–Kier alpha value is -1.99. The summed E-state index contributed by atoms with van der Waals surface area (Å²) in [6.07, 6.45) is 3.84. The normalized spacial score (nSPS) is 23.7. The molecule has 3 fully saturated rings. The molecular formula is C18H22N4O2S. The van der Waals surface area contributed by atoms with E-state index in [1.807, 2.05) is 27.9 Å². The molecule has 5 rings (SSSR count). The van der Waals surface area contributed by atoms with Crippen LogP contribution in [-0.2, 0) is 17.9 Å². The lowest BCUT2D eigenvalue weighted by Gasteiger charge is -2.35. The van der Waals surface area contributed by atoms with Crippen molar-refractivity contribution in [1.29, 1.82) is 0 Å². The van der Waals surface area contributed by atoms with Crippen molar-refractivity contribution in [3.05, 3.63) is 40.6 Å². The maximum Gasteiger partial charge on any atom is 0.227 e. The summed E-state index contributed by atoms with van der Waals surface area (Å²) in [7, 11) is 1.67. The molecule has 0 spiro atoms. The second-order valence-electron chi connectivity index (χ2n) is 6.76. The summed E-state index contributed by atoms with van der Waals surface area (Å²) in [5.41, 5.74) is 3.81. The van der Waals surface area contributed by atoms with Gasteiger partial charge in [0.25, 0.3) is 0 Å². The van der Waals surface area contributed by atoms with Crippen LogP contribution >= 0.6 is 11.3 Å². The number of ether oxygens (including phenoxy) is 1. The van der Waals surface area contributed by atoms with Crippen LogP contribution in [0.5, 0.6) is 5.75 Å². The van der Waals surface area contributed by atoms with Crippen molar-refractivity contribution in [1.82, 2.24) is 19.8 Å². The van der Waals surface area contributed by atoms with Crippen molar-refractivity contribution >= 4 is 17.2 Å². The third kappa shape index (κ3) is 3.52. The fraction of sp³-hybridized carbons (Fsp3) is 0.500. The molecule has 0 saturated carbocycles. The molecule has 5 heterocycles.